The molecule has 2 rings (SSSR count). The molecular formula is C17H19FN2O4. The standard InChI is InChI=1S/C17H19FN2O4/c1-22-10-11-24-16-12-13(6-7-19-16)17(21)20-8-9-23-15-4-2-14(18)3-5-15/h2-7,12H,8-11H2,1H3,(H,20,21). The molecular weight excluding hydrogens is 315 g/mol. The summed E-state index contributed by atoms with van der Waals surface area (Å²) in [6.07, 6.45) is 1.51. The van der Waals surface area contributed by atoms with Gasteiger partial charge < -0.3 is 19.5 Å². The molecule has 0 saturated carbocycles. The van der Waals surface area contributed by atoms with Crippen LogP contribution in [0.15, 0.2) is 42.6 Å². The smallest absolute Gasteiger partial charge is 0.251 e. The topological polar surface area (TPSA) is 69.7 Å². The minimum absolute atomic E-state index is 0.253. The van der Waals surface area contributed by atoms with Crippen molar-refractivity contribution >= 4 is 5.91 Å². The van der Waals surface area contributed by atoms with Crippen LogP contribution in [0.1, 0.15) is 10.4 Å². The van der Waals surface area contributed by atoms with Crippen LogP contribution in [0.4, 0.5) is 4.39 Å². The average molecular weight is 334 g/mol. The number of rotatable bonds is 9. The fourth-order valence-electron chi connectivity index (χ4n) is 1.83. The molecule has 0 aliphatic rings. The van der Waals surface area contributed by atoms with Crippen LogP contribution in [0.3, 0.4) is 0 Å². The van der Waals surface area contributed by atoms with Crippen LogP contribution in [0.2, 0.25) is 0 Å². The zero-order chi connectivity index (χ0) is 17.2. The molecule has 0 fully saturated rings. The zero-order valence-electron chi connectivity index (χ0n) is 13.3. The van der Waals surface area contributed by atoms with Crippen molar-refractivity contribution in [2.45, 2.75) is 0 Å². The van der Waals surface area contributed by atoms with Crippen LogP contribution in [0, 0.1) is 5.82 Å². The number of ether oxygens (including phenoxy) is 3. The lowest BCUT2D eigenvalue weighted by molar-refractivity contribution is 0.0946. The summed E-state index contributed by atoms with van der Waals surface area (Å²) in [5.74, 6) is 0.333. The van der Waals surface area contributed by atoms with E-state index >= 15 is 0 Å². The lowest BCUT2D eigenvalue weighted by Crippen LogP contribution is -2.28. The Hall–Kier alpha value is -2.67. The molecule has 0 spiro atoms. The van der Waals surface area contributed by atoms with E-state index in [2.05, 4.69) is 10.3 Å². The van der Waals surface area contributed by atoms with Gasteiger partial charge in [0.1, 0.15) is 24.8 Å². The van der Waals surface area contributed by atoms with Gasteiger partial charge in [-0.3, -0.25) is 4.79 Å². The molecule has 128 valence electrons. The Labute approximate surface area is 139 Å². The van der Waals surface area contributed by atoms with E-state index in [1.165, 1.54) is 30.5 Å². The van der Waals surface area contributed by atoms with Crippen LogP contribution in [0.25, 0.3) is 0 Å². The number of aromatic nitrogens is 1. The molecule has 2 aromatic rings. The Balaban J connectivity index is 1.75. The number of carbonyl (C=O) groups is 1. The van der Waals surface area contributed by atoms with Crippen LogP contribution in [0.5, 0.6) is 11.6 Å². The van der Waals surface area contributed by atoms with E-state index in [1.807, 2.05) is 0 Å². The average Bonchev–Trinajstić information content (AvgIpc) is 2.60. The lowest BCUT2D eigenvalue weighted by atomic mass is 10.2. The van der Waals surface area contributed by atoms with Crippen molar-refractivity contribution < 1.29 is 23.4 Å². The number of carbonyl (C=O) groups excluding carboxylic acids is 1. The molecule has 1 aromatic carbocycles. The van der Waals surface area contributed by atoms with Gasteiger partial charge in [-0.25, -0.2) is 9.37 Å². The van der Waals surface area contributed by atoms with Gasteiger partial charge in [-0.15, -0.1) is 0 Å². The van der Waals surface area contributed by atoms with Gasteiger partial charge in [-0.05, 0) is 30.3 Å². The summed E-state index contributed by atoms with van der Waals surface area (Å²) in [6, 6.07) is 8.85. The molecule has 0 aliphatic heterocycles. The largest absolute Gasteiger partial charge is 0.492 e. The molecule has 0 atom stereocenters. The Morgan fingerprint density at radius 2 is 1.92 bits per heavy atom. The number of benzene rings is 1. The number of pyridine rings is 1. The first-order valence-electron chi connectivity index (χ1n) is 7.43. The highest BCUT2D eigenvalue weighted by atomic mass is 19.1. The summed E-state index contributed by atoms with van der Waals surface area (Å²) in [4.78, 5) is 16.1. The third-order valence-corrected chi connectivity index (χ3v) is 3.00. The van der Waals surface area contributed by atoms with Crippen molar-refractivity contribution in [3.8, 4) is 11.6 Å². The first-order chi connectivity index (χ1) is 11.7. The zero-order valence-corrected chi connectivity index (χ0v) is 13.3. The Morgan fingerprint density at radius 3 is 2.67 bits per heavy atom. The van der Waals surface area contributed by atoms with Gasteiger partial charge >= 0.3 is 0 Å². The van der Waals surface area contributed by atoms with Gasteiger partial charge in [0.15, 0.2) is 0 Å². The first-order valence-corrected chi connectivity index (χ1v) is 7.43. The third kappa shape index (κ3) is 5.85. The molecule has 0 aliphatic carbocycles. The van der Waals surface area contributed by atoms with E-state index in [9.17, 15) is 9.18 Å². The minimum atomic E-state index is -0.322. The molecule has 0 saturated heterocycles. The van der Waals surface area contributed by atoms with Crippen molar-refractivity contribution in [3.05, 3.63) is 54.0 Å². The second-order valence-corrected chi connectivity index (χ2v) is 4.78. The van der Waals surface area contributed by atoms with Gasteiger partial charge in [0, 0.05) is 24.9 Å². The van der Waals surface area contributed by atoms with Gasteiger partial charge in [-0.1, -0.05) is 0 Å². The SMILES string of the molecule is COCCOc1cc(C(=O)NCCOc2ccc(F)cc2)ccn1. The maximum Gasteiger partial charge on any atom is 0.251 e. The van der Waals surface area contributed by atoms with Crippen molar-refractivity contribution in [2.24, 2.45) is 0 Å². The van der Waals surface area contributed by atoms with E-state index in [0.717, 1.165) is 0 Å². The number of halogens is 1. The number of methoxy groups -OCH3 is 1. The van der Waals surface area contributed by atoms with E-state index < -0.39 is 0 Å². The van der Waals surface area contributed by atoms with Crippen molar-refractivity contribution in [1.29, 1.82) is 0 Å². The fraction of sp³-hybridized carbons (Fsp3) is 0.294. The van der Waals surface area contributed by atoms with E-state index in [0.29, 0.717) is 37.0 Å². The highest BCUT2D eigenvalue weighted by Gasteiger charge is 2.07. The van der Waals surface area contributed by atoms with Gasteiger partial charge in [0.05, 0.1) is 13.2 Å². The quantitative estimate of drug-likeness (QED) is 0.711. The van der Waals surface area contributed by atoms with Gasteiger partial charge in [0.2, 0.25) is 5.88 Å². The van der Waals surface area contributed by atoms with Crippen molar-refractivity contribution in [2.75, 3.05) is 33.5 Å². The highest BCUT2D eigenvalue weighted by Crippen LogP contribution is 2.11. The Morgan fingerprint density at radius 1 is 1.12 bits per heavy atom. The second kappa shape index (κ2) is 9.46. The van der Waals surface area contributed by atoms with Gasteiger partial charge in [0.25, 0.3) is 5.91 Å². The van der Waals surface area contributed by atoms with Crippen LogP contribution < -0.4 is 14.8 Å². The summed E-state index contributed by atoms with van der Waals surface area (Å²) in [7, 11) is 1.58. The van der Waals surface area contributed by atoms with E-state index in [4.69, 9.17) is 14.2 Å². The second-order valence-electron chi connectivity index (χ2n) is 4.78. The van der Waals surface area contributed by atoms with Crippen LogP contribution >= 0.6 is 0 Å². The lowest BCUT2D eigenvalue weighted by Gasteiger charge is -2.09. The number of hydrogen-bond acceptors (Lipinski definition) is 5. The Kier molecular flexibility index (Phi) is 6.97. The first kappa shape index (κ1) is 17.7. The number of amides is 1. The monoisotopic (exact) mass is 334 g/mol. The predicted octanol–water partition coefficient (Wildman–Crippen LogP) is 2.05. The molecule has 1 heterocycles. The van der Waals surface area contributed by atoms with Crippen molar-refractivity contribution in [3.63, 3.8) is 0 Å². The number of hydrogen-bond donors (Lipinski definition) is 1. The van der Waals surface area contributed by atoms with Crippen molar-refractivity contribution in [1.82, 2.24) is 10.3 Å². The van der Waals surface area contributed by atoms with E-state index in [1.54, 1.807) is 19.2 Å². The molecule has 7 heteroatoms. The number of nitrogens with one attached hydrogen (secondary N) is 1. The molecule has 1 N–H and O–H groups in total. The summed E-state index contributed by atoms with van der Waals surface area (Å²) >= 11 is 0. The summed E-state index contributed by atoms with van der Waals surface area (Å²) < 4.78 is 28.4. The molecule has 0 unspecified atom stereocenters. The molecule has 0 bridgehead atoms. The van der Waals surface area contributed by atoms with Crippen LogP contribution in [-0.4, -0.2) is 44.4 Å². The maximum atomic E-state index is 12.8. The normalized spacial score (nSPS) is 10.2. The predicted molar refractivity (Wildman–Crippen MR) is 85.8 cm³/mol. The summed E-state index contributed by atoms with van der Waals surface area (Å²) in [5.41, 5.74) is 0.444. The molecule has 1 aromatic heterocycles. The Bertz CT molecular complexity index is 649. The maximum absolute atomic E-state index is 12.8. The fourth-order valence-corrected chi connectivity index (χ4v) is 1.83. The number of nitrogens with zero attached hydrogens (tertiary/aromatic N) is 1. The van der Waals surface area contributed by atoms with E-state index in [-0.39, 0.29) is 18.3 Å². The third-order valence-electron chi connectivity index (χ3n) is 3.00. The minimum Gasteiger partial charge on any atom is -0.492 e. The molecule has 6 nitrogen and oxygen atoms in total. The van der Waals surface area contributed by atoms with Crippen LogP contribution in [-0.2, 0) is 4.74 Å². The molecule has 0 radical (unpaired) electrons. The molecule has 24 heavy (non-hydrogen) atoms. The van der Waals surface area contributed by atoms with Gasteiger partial charge in [-0.2, -0.15) is 0 Å². The summed E-state index contributed by atoms with van der Waals surface area (Å²) in [6.45, 7) is 1.40. The molecule has 1 amide bonds. The highest BCUT2D eigenvalue weighted by molar-refractivity contribution is 5.94. The summed E-state index contributed by atoms with van der Waals surface area (Å²) in [5, 5.41) is 2.73.